The fourth-order valence-corrected chi connectivity index (χ4v) is 4.88. The van der Waals surface area contributed by atoms with Gasteiger partial charge in [-0.25, -0.2) is 4.99 Å². The Morgan fingerprint density at radius 1 is 0.833 bits per heavy atom. The minimum atomic E-state index is -0.107. The van der Waals surface area contributed by atoms with E-state index in [1.165, 1.54) is 22.9 Å². The van der Waals surface area contributed by atoms with Crippen molar-refractivity contribution in [1.29, 1.82) is 0 Å². The lowest BCUT2D eigenvalue weighted by Crippen LogP contribution is -2.28. The second kappa shape index (κ2) is 12.0. The summed E-state index contributed by atoms with van der Waals surface area (Å²) in [5.41, 5.74) is 4.91. The maximum atomic E-state index is 13.7. The zero-order chi connectivity index (χ0) is 25.5. The fraction of sp³-hybridized carbons (Fsp3) is 0.267. The number of carbonyl (C=O) groups excluding carboxylic acids is 1. The first-order valence-electron chi connectivity index (χ1n) is 12.5. The number of amidine groups is 1. The summed E-state index contributed by atoms with van der Waals surface area (Å²) in [5.74, 6) is 1.32. The molecule has 0 radical (unpaired) electrons. The number of amides is 1. The van der Waals surface area contributed by atoms with Crippen molar-refractivity contribution in [3.05, 3.63) is 88.3 Å². The van der Waals surface area contributed by atoms with Crippen LogP contribution in [0, 0.1) is 0 Å². The quantitative estimate of drug-likeness (QED) is 0.287. The largest absolute Gasteiger partial charge is 0.494 e. The number of hydrogen-bond acceptors (Lipinski definition) is 5. The lowest BCUT2D eigenvalue weighted by molar-refractivity contribution is -0.113. The maximum absolute atomic E-state index is 13.7. The standard InChI is InChI=1S/C30H32N2O3S/c1-5-21-9-14-24(15-10-21)31-30-32(25-16-11-22(6-2)12-17-25)29(33)28(36-30)19-23-13-18-26(34-7-3)20-27(23)35-8-4/h9-20H,5-8H2,1-4H3/b28-19-,31-30?. The molecule has 0 atom stereocenters. The van der Waals surface area contributed by atoms with Gasteiger partial charge >= 0.3 is 0 Å². The topological polar surface area (TPSA) is 51.1 Å². The lowest BCUT2D eigenvalue weighted by atomic mass is 10.1. The molecular weight excluding hydrogens is 468 g/mol. The van der Waals surface area contributed by atoms with Crippen molar-refractivity contribution in [2.24, 2.45) is 4.99 Å². The molecule has 1 aliphatic heterocycles. The summed E-state index contributed by atoms with van der Waals surface area (Å²) in [6, 6.07) is 21.9. The normalized spacial score (nSPS) is 15.7. The van der Waals surface area contributed by atoms with Crippen molar-refractivity contribution in [3.8, 4) is 11.5 Å². The summed E-state index contributed by atoms with van der Waals surface area (Å²) >= 11 is 1.37. The number of carbonyl (C=O) groups is 1. The van der Waals surface area contributed by atoms with Gasteiger partial charge in [0, 0.05) is 11.6 Å². The van der Waals surface area contributed by atoms with Crippen molar-refractivity contribution >= 4 is 40.3 Å². The third-order valence-corrected chi connectivity index (χ3v) is 6.83. The molecule has 36 heavy (non-hydrogen) atoms. The minimum Gasteiger partial charge on any atom is -0.494 e. The molecule has 0 aromatic heterocycles. The van der Waals surface area contributed by atoms with Gasteiger partial charge in [0.2, 0.25) is 0 Å². The van der Waals surface area contributed by atoms with E-state index in [0.717, 1.165) is 35.5 Å². The number of aryl methyl sites for hydroxylation is 2. The van der Waals surface area contributed by atoms with Crippen molar-refractivity contribution in [2.75, 3.05) is 18.1 Å². The van der Waals surface area contributed by atoms with Crippen LogP contribution in [0.1, 0.15) is 44.4 Å². The second-order valence-corrected chi connectivity index (χ2v) is 9.26. The van der Waals surface area contributed by atoms with E-state index in [-0.39, 0.29) is 5.91 Å². The molecule has 186 valence electrons. The Bertz CT molecular complexity index is 1260. The van der Waals surface area contributed by atoms with Crippen LogP contribution in [0.3, 0.4) is 0 Å². The molecular formula is C30H32N2O3S. The Kier molecular flexibility index (Phi) is 8.49. The lowest BCUT2D eigenvalue weighted by Gasteiger charge is -2.16. The molecule has 1 heterocycles. The highest BCUT2D eigenvalue weighted by molar-refractivity contribution is 8.19. The van der Waals surface area contributed by atoms with Gasteiger partial charge in [0.15, 0.2) is 5.17 Å². The molecule has 1 aliphatic rings. The molecule has 1 fully saturated rings. The van der Waals surface area contributed by atoms with E-state index in [9.17, 15) is 4.79 Å². The summed E-state index contributed by atoms with van der Waals surface area (Å²) in [7, 11) is 0. The first-order chi connectivity index (χ1) is 17.6. The van der Waals surface area contributed by atoms with Crippen LogP contribution in [-0.4, -0.2) is 24.3 Å². The second-order valence-electron chi connectivity index (χ2n) is 8.25. The molecule has 6 heteroatoms. The Labute approximate surface area is 217 Å². The molecule has 0 N–H and O–H groups in total. The van der Waals surface area contributed by atoms with Crippen LogP contribution in [0.5, 0.6) is 11.5 Å². The van der Waals surface area contributed by atoms with Gasteiger partial charge in [0.1, 0.15) is 11.5 Å². The molecule has 3 aromatic carbocycles. The monoisotopic (exact) mass is 500 g/mol. The first-order valence-corrected chi connectivity index (χ1v) is 13.3. The molecule has 0 saturated carbocycles. The van der Waals surface area contributed by atoms with Gasteiger partial charge in [-0.05, 0) is 92.1 Å². The summed E-state index contributed by atoms with van der Waals surface area (Å²) < 4.78 is 11.5. The summed E-state index contributed by atoms with van der Waals surface area (Å²) in [4.78, 5) is 20.8. The number of ether oxygens (including phenoxy) is 2. The van der Waals surface area contributed by atoms with E-state index < -0.39 is 0 Å². The number of thioether (sulfide) groups is 1. The number of nitrogens with zero attached hydrogens (tertiary/aromatic N) is 2. The van der Waals surface area contributed by atoms with Gasteiger partial charge < -0.3 is 9.47 Å². The SMILES string of the molecule is CCOc1ccc(/C=C2\SC(=Nc3ccc(CC)cc3)N(c3ccc(CC)cc3)C2=O)c(OCC)c1. The van der Waals surface area contributed by atoms with E-state index >= 15 is 0 Å². The summed E-state index contributed by atoms with van der Waals surface area (Å²) in [6.07, 6.45) is 3.79. The van der Waals surface area contributed by atoms with Crippen LogP contribution in [-0.2, 0) is 17.6 Å². The molecule has 0 aliphatic carbocycles. The van der Waals surface area contributed by atoms with E-state index in [1.54, 1.807) is 4.90 Å². The van der Waals surface area contributed by atoms with E-state index in [4.69, 9.17) is 14.5 Å². The third-order valence-electron chi connectivity index (χ3n) is 5.86. The molecule has 0 unspecified atom stereocenters. The highest BCUT2D eigenvalue weighted by Crippen LogP contribution is 2.39. The van der Waals surface area contributed by atoms with Crippen LogP contribution >= 0.6 is 11.8 Å². The van der Waals surface area contributed by atoms with Gasteiger partial charge in [0.05, 0.1) is 29.5 Å². The molecule has 1 saturated heterocycles. The summed E-state index contributed by atoms with van der Waals surface area (Å²) in [6.45, 7) is 9.22. The van der Waals surface area contributed by atoms with Crippen molar-refractivity contribution < 1.29 is 14.3 Å². The van der Waals surface area contributed by atoms with Crippen LogP contribution < -0.4 is 14.4 Å². The smallest absolute Gasteiger partial charge is 0.271 e. The number of hydrogen-bond donors (Lipinski definition) is 0. The van der Waals surface area contributed by atoms with E-state index in [0.29, 0.717) is 29.0 Å². The predicted molar refractivity (Wildman–Crippen MR) is 151 cm³/mol. The minimum absolute atomic E-state index is 0.107. The van der Waals surface area contributed by atoms with Gasteiger partial charge in [-0.3, -0.25) is 9.69 Å². The molecule has 0 spiro atoms. The number of benzene rings is 3. The molecule has 5 nitrogen and oxygen atoms in total. The third kappa shape index (κ3) is 5.82. The van der Waals surface area contributed by atoms with Gasteiger partial charge in [0.25, 0.3) is 5.91 Å². The van der Waals surface area contributed by atoms with Crippen molar-refractivity contribution in [1.82, 2.24) is 0 Å². The van der Waals surface area contributed by atoms with E-state index in [2.05, 4.69) is 38.1 Å². The van der Waals surface area contributed by atoms with Crippen LogP contribution in [0.4, 0.5) is 11.4 Å². The molecule has 1 amide bonds. The van der Waals surface area contributed by atoms with Crippen LogP contribution in [0.15, 0.2) is 76.6 Å². The van der Waals surface area contributed by atoms with Crippen LogP contribution in [0.25, 0.3) is 6.08 Å². The Morgan fingerprint density at radius 2 is 1.47 bits per heavy atom. The van der Waals surface area contributed by atoms with Gasteiger partial charge in [-0.2, -0.15) is 0 Å². The predicted octanol–water partition coefficient (Wildman–Crippen LogP) is 7.42. The highest BCUT2D eigenvalue weighted by atomic mass is 32.2. The number of anilines is 1. The fourth-order valence-electron chi connectivity index (χ4n) is 3.89. The van der Waals surface area contributed by atoms with Crippen LogP contribution in [0.2, 0.25) is 0 Å². The average Bonchev–Trinajstić information content (AvgIpc) is 3.20. The molecule has 0 bridgehead atoms. The first kappa shape index (κ1) is 25.6. The Morgan fingerprint density at radius 3 is 2.08 bits per heavy atom. The highest BCUT2D eigenvalue weighted by Gasteiger charge is 2.35. The molecule has 3 aromatic rings. The summed E-state index contributed by atoms with van der Waals surface area (Å²) in [5, 5.41) is 0.628. The maximum Gasteiger partial charge on any atom is 0.271 e. The van der Waals surface area contributed by atoms with Crippen molar-refractivity contribution in [2.45, 2.75) is 40.5 Å². The Hall–Kier alpha value is -3.51. The van der Waals surface area contributed by atoms with Crippen molar-refractivity contribution in [3.63, 3.8) is 0 Å². The number of aliphatic imine (C=N–C) groups is 1. The average molecular weight is 501 g/mol. The zero-order valence-corrected chi connectivity index (χ0v) is 22.1. The van der Waals surface area contributed by atoms with E-state index in [1.807, 2.05) is 62.4 Å². The molecule has 4 rings (SSSR count). The number of rotatable bonds is 9. The Balaban J connectivity index is 1.75. The van der Waals surface area contributed by atoms with Gasteiger partial charge in [-0.1, -0.05) is 38.1 Å². The zero-order valence-electron chi connectivity index (χ0n) is 21.3. The van der Waals surface area contributed by atoms with Gasteiger partial charge in [-0.15, -0.1) is 0 Å².